The van der Waals surface area contributed by atoms with Crippen LogP contribution in [0.5, 0.6) is 0 Å². The number of hydrogen-bond donors (Lipinski definition) is 1. The highest BCUT2D eigenvalue weighted by atomic mass is 79.9. The zero-order chi connectivity index (χ0) is 15.6. The van der Waals surface area contributed by atoms with E-state index in [1.807, 2.05) is 0 Å². The van der Waals surface area contributed by atoms with Crippen LogP contribution in [0.15, 0.2) is 40.9 Å². The highest BCUT2D eigenvalue weighted by Gasteiger charge is 2.20. The SMILES string of the molecule is Cc1ccc([N+](=O)[O-])c(C(=O)Nc2ccc(Cl)cc2Br)c1. The lowest BCUT2D eigenvalue weighted by molar-refractivity contribution is -0.385. The molecule has 0 saturated carbocycles. The normalized spacial score (nSPS) is 10.2. The Morgan fingerprint density at radius 2 is 2.00 bits per heavy atom. The van der Waals surface area contributed by atoms with E-state index in [0.717, 1.165) is 5.56 Å². The van der Waals surface area contributed by atoms with Crippen LogP contribution < -0.4 is 5.32 Å². The minimum atomic E-state index is -0.578. The molecule has 0 bridgehead atoms. The Morgan fingerprint density at radius 3 is 2.62 bits per heavy atom. The molecular weight excluding hydrogens is 360 g/mol. The molecule has 0 aromatic heterocycles. The van der Waals surface area contributed by atoms with Gasteiger partial charge in [0.25, 0.3) is 11.6 Å². The number of carbonyl (C=O) groups is 1. The van der Waals surface area contributed by atoms with E-state index in [1.165, 1.54) is 12.1 Å². The predicted molar refractivity (Wildman–Crippen MR) is 84.9 cm³/mol. The number of aryl methyl sites for hydroxylation is 1. The summed E-state index contributed by atoms with van der Waals surface area (Å²) in [6.45, 7) is 1.76. The summed E-state index contributed by atoms with van der Waals surface area (Å²) in [7, 11) is 0. The van der Waals surface area contributed by atoms with Gasteiger partial charge in [-0.05, 0) is 52.7 Å². The number of nitrogens with zero attached hydrogens (tertiary/aromatic N) is 1. The largest absolute Gasteiger partial charge is 0.321 e. The van der Waals surface area contributed by atoms with Gasteiger partial charge in [-0.25, -0.2) is 0 Å². The van der Waals surface area contributed by atoms with Crippen molar-refractivity contribution in [2.24, 2.45) is 0 Å². The van der Waals surface area contributed by atoms with Crippen LogP contribution in [0.1, 0.15) is 15.9 Å². The van der Waals surface area contributed by atoms with Crippen LogP contribution in [0, 0.1) is 17.0 Å². The van der Waals surface area contributed by atoms with Crippen molar-refractivity contribution >= 4 is 44.8 Å². The third kappa shape index (κ3) is 3.59. The number of anilines is 1. The molecule has 0 aliphatic heterocycles. The van der Waals surface area contributed by atoms with Crippen LogP contribution in [0.3, 0.4) is 0 Å². The first-order chi connectivity index (χ1) is 9.88. The molecule has 0 fully saturated rings. The van der Waals surface area contributed by atoms with Crippen molar-refractivity contribution in [2.45, 2.75) is 6.92 Å². The van der Waals surface area contributed by atoms with Gasteiger partial charge in [-0.1, -0.05) is 17.7 Å². The van der Waals surface area contributed by atoms with Crippen LogP contribution in [-0.2, 0) is 0 Å². The summed E-state index contributed by atoms with van der Waals surface area (Å²) in [5.41, 5.74) is 1.03. The lowest BCUT2D eigenvalue weighted by Crippen LogP contribution is -2.14. The van der Waals surface area contributed by atoms with Crippen molar-refractivity contribution in [1.29, 1.82) is 0 Å². The van der Waals surface area contributed by atoms with E-state index in [0.29, 0.717) is 15.2 Å². The molecule has 2 aromatic carbocycles. The highest BCUT2D eigenvalue weighted by molar-refractivity contribution is 9.10. The van der Waals surface area contributed by atoms with E-state index in [9.17, 15) is 14.9 Å². The van der Waals surface area contributed by atoms with E-state index in [1.54, 1.807) is 31.2 Å². The number of carbonyl (C=O) groups excluding carboxylic acids is 1. The molecule has 5 nitrogen and oxygen atoms in total. The molecule has 2 rings (SSSR count). The average Bonchev–Trinajstić information content (AvgIpc) is 2.41. The maximum Gasteiger partial charge on any atom is 0.282 e. The molecule has 7 heteroatoms. The molecule has 21 heavy (non-hydrogen) atoms. The standard InChI is InChI=1S/C14H10BrClN2O3/c1-8-2-5-13(18(20)21)10(6-8)14(19)17-12-4-3-9(16)7-11(12)15/h2-7H,1H3,(H,17,19). The fourth-order valence-corrected chi connectivity index (χ4v) is 2.55. The van der Waals surface area contributed by atoms with E-state index in [2.05, 4.69) is 21.2 Å². The van der Waals surface area contributed by atoms with E-state index in [4.69, 9.17) is 11.6 Å². The number of nitrogens with one attached hydrogen (secondary N) is 1. The number of amides is 1. The van der Waals surface area contributed by atoms with Crippen LogP contribution in [0.2, 0.25) is 5.02 Å². The van der Waals surface area contributed by atoms with Crippen molar-refractivity contribution < 1.29 is 9.72 Å². The summed E-state index contributed by atoms with van der Waals surface area (Å²) >= 11 is 9.10. The summed E-state index contributed by atoms with van der Waals surface area (Å²) in [5, 5.41) is 14.1. The topological polar surface area (TPSA) is 72.2 Å². The number of hydrogen-bond acceptors (Lipinski definition) is 3. The van der Waals surface area contributed by atoms with Crippen molar-refractivity contribution in [1.82, 2.24) is 0 Å². The Hall–Kier alpha value is -1.92. The van der Waals surface area contributed by atoms with Gasteiger partial charge in [0.2, 0.25) is 0 Å². The minimum Gasteiger partial charge on any atom is -0.321 e. The molecule has 0 radical (unpaired) electrons. The van der Waals surface area contributed by atoms with Gasteiger partial charge in [-0.2, -0.15) is 0 Å². The molecule has 0 aliphatic carbocycles. The predicted octanol–water partition coefficient (Wildman–Crippen LogP) is 4.57. The molecule has 0 heterocycles. The first kappa shape index (κ1) is 15.5. The number of halogens is 2. The fourth-order valence-electron chi connectivity index (χ4n) is 1.77. The molecule has 108 valence electrons. The van der Waals surface area contributed by atoms with Crippen LogP contribution in [0.25, 0.3) is 0 Å². The maximum atomic E-state index is 12.3. The molecular formula is C14H10BrClN2O3. The van der Waals surface area contributed by atoms with E-state index < -0.39 is 10.8 Å². The minimum absolute atomic E-state index is 0.0156. The second kappa shape index (κ2) is 6.24. The van der Waals surface area contributed by atoms with Crippen molar-refractivity contribution in [3.05, 3.63) is 67.1 Å². The monoisotopic (exact) mass is 368 g/mol. The zero-order valence-corrected chi connectivity index (χ0v) is 13.2. The third-order valence-electron chi connectivity index (χ3n) is 2.77. The van der Waals surface area contributed by atoms with Gasteiger partial charge in [0.1, 0.15) is 5.56 Å². The zero-order valence-electron chi connectivity index (χ0n) is 10.9. The smallest absolute Gasteiger partial charge is 0.282 e. The molecule has 1 amide bonds. The Kier molecular flexibility index (Phi) is 4.59. The van der Waals surface area contributed by atoms with Gasteiger partial charge in [-0.3, -0.25) is 14.9 Å². The first-order valence-corrected chi connectivity index (χ1v) is 7.07. The highest BCUT2D eigenvalue weighted by Crippen LogP contribution is 2.27. The van der Waals surface area contributed by atoms with Crippen molar-refractivity contribution in [3.8, 4) is 0 Å². The van der Waals surface area contributed by atoms with Gasteiger partial charge in [0.15, 0.2) is 0 Å². The summed E-state index contributed by atoms with van der Waals surface area (Å²) in [5.74, 6) is -0.548. The van der Waals surface area contributed by atoms with E-state index in [-0.39, 0.29) is 11.3 Å². The van der Waals surface area contributed by atoms with Gasteiger partial charge >= 0.3 is 0 Å². The third-order valence-corrected chi connectivity index (χ3v) is 3.66. The summed E-state index contributed by atoms with van der Waals surface area (Å²) in [6.07, 6.45) is 0. The lowest BCUT2D eigenvalue weighted by atomic mass is 10.1. The fraction of sp³-hybridized carbons (Fsp3) is 0.0714. The van der Waals surface area contributed by atoms with Gasteiger partial charge < -0.3 is 5.32 Å². The molecule has 1 N–H and O–H groups in total. The van der Waals surface area contributed by atoms with Crippen molar-refractivity contribution in [3.63, 3.8) is 0 Å². The number of nitro benzene ring substituents is 1. The van der Waals surface area contributed by atoms with Gasteiger partial charge in [0, 0.05) is 15.6 Å². The molecule has 0 atom stereocenters. The van der Waals surface area contributed by atoms with Gasteiger partial charge in [0.05, 0.1) is 10.6 Å². The summed E-state index contributed by atoms with van der Waals surface area (Å²) < 4.78 is 0.596. The second-order valence-corrected chi connectivity index (χ2v) is 5.65. The number of benzene rings is 2. The Balaban J connectivity index is 2.36. The van der Waals surface area contributed by atoms with Crippen LogP contribution in [-0.4, -0.2) is 10.8 Å². The Labute approximate surface area is 134 Å². The second-order valence-electron chi connectivity index (χ2n) is 4.36. The van der Waals surface area contributed by atoms with Gasteiger partial charge in [-0.15, -0.1) is 0 Å². The molecule has 0 saturated heterocycles. The molecule has 0 aliphatic rings. The Bertz CT molecular complexity index is 734. The Morgan fingerprint density at radius 1 is 1.29 bits per heavy atom. The molecule has 0 spiro atoms. The average molecular weight is 370 g/mol. The quantitative estimate of drug-likeness (QED) is 0.636. The van der Waals surface area contributed by atoms with Crippen LogP contribution >= 0.6 is 27.5 Å². The number of rotatable bonds is 3. The summed E-state index contributed by atoms with van der Waals surface area (Å²) in [6, 6.07) is 9.26. The van der Waals surface area contributed by atoms with Crippen molar-refractivity contribution in [2.75, 3.05) is 5.32 Å². The lowest BCUT2D eigenvalue weighted by Gasteiger charge is -2.08. The maximum absolute atomic E-state index is 12.3. The summed E-state index contributed by atoms with van der Waals surface area (Å²) in [4.78, 5) is 22.7. The van der Waals surface area contributed by atoms with Crippen LogP contribution in [0.4, 0.5) is 11.4 Å². The number of nitro groups is 1. The first-order valence-electron chi connectivity index (χ1n) is 5.90. The van der Waals surface area contributed by atoms with E-state index >= 15 is 0 Å². The molecule has 2 aromatic rings. The molecule has 0 unspecified atom stereocenters.